The number of ether oxygens (including phenoxy) is 2. The summed E-state index contributed by atoms with van der Waals surface area (Å²) in [5.41, 5.74) is 1.37. The molecule has 0 amide bonds. The fourth-order valence-electron chi connectivity index (χ4n) is 2.05. The van der Waals surface area contributed by atoms with Crippen LogP contribution in [0.2, 0.25) is 0 Å². The van der Waals surface area contributed by atoms with Crippen LogP contribution in [-0.2, 0) is 11.2 Å². The van der Waals surface area contributed by atoms with Crippen LogP contribution in [0, 0.1) is 0 Å². The van der Waals surface area contributed by atoms with E-state index < -0.39 is 0 Å². The third-order valence-corrected chi connectivity index (χ3v) is 3.18. The largest absolute Gasteiger partial charge is 0.507 e. The van der Waals surface area contributed by atoms with Crippen molar-refractivity contribution in [1.29, 1.82) is 0 Å². The predicted octanol–water partition coefficient (Wildman–Crippen LogP) is 3.41. The molecule has 0 unspecified atom stereocenters. The number of rotatable bonds is 6. The third kappa shape index (κ3) is 4.12. The number of methoxy groups -OCH3 is 2. The number of benzene rings is 2. The highest BCUT2D eigenvalue weighted by Gasteiger charge is 2.06. The van der Waals surface area contributed by atoms with Crippen LogP contribution in [0.1, 0.15) is 11.1 Å². The summed E-state index contributed by atoms with van der Waals surface area (Å²) in [6.45, 7) is 0. The van der Waals surface area contributed by atoms with E-state index in [0.29, 0.717) is 17.1 Å². The summed E-state index contributed by atoms with van der Waals surface area (Å²) in [5, 5.41) is 10.0. The Kier molecular flexibility index (Phi) is 5.20. The molecule has 0 aromatic heterocycles. The van der Waals surface area contributed by atoms with Gasteiger partial charge < -0.3 is 14.6 Å². The molecule has 0 saturated carbocycles. The first-order valence-corrected chi connectivity index (χ1v) is 6.83. The minimum atomic E-state index is -0.187. The van der Waals surface area contributed by atoms with Gasteiger partial charge in [0.15, 0.2) is 5.78 Å². The van der Waals surface area contributed by atoms with E-state index in [1.54, 1.807) is 44.6 Å². The van der Waals surface area contributed by atoms with Crippen molar-refractivity contribution in [2.45, 2.75) is 6.42 Å². The second-order valence-electron chi connectivity index (χ2n) is 4.76. The lowest BCUT2D eigenvalue weighted by Gasteiger charge is -2.05. The fraction of sp³-hybridized carbons (Fsp3) is 0.167. The van der Waals surface area contributed by atoms with E-state index in [1.165, 1.54) is 6.08 Å². The summed E-state index contributed by atoms with van der Waals surface area (Å²) in [6, 6.07) is 14.2. The number of ketones is 1. The van der Waals surface area contributed by atoms with Crippen molar-refractivity contribution in [3.05, 3.63) is 65.7 Å². The van der Waals surface area contributed by atoms with Gasteiger partial charge in [0.25, 0.3) is 0 Å². The number of carbonyl (C=O) groups is 1. The van der Waals surface area contributed by atoms with Crippen LogP contribution in [0.5, 0.6) is 11.5 Å². The van der Waals surface area contributed by atoms with Crippen LogP contribution in [0.3, 0.4) is 0 Å². The Morgan fingerprint density at radius 2 is 1.68 bits per heavy atom. The van der Waals surface area contributed by atoms with E-state index in [2.05, 4.69) is 0 Å². The molecule has 0 bridgehead atoms. The highest BCUT2D eigenvalue weighted by atomic mass is 16.5. The van der Waals surface area contributed by atoms with Crippen LogP contribution < -0.4 is 9.47 Å². The maximum absolute atomic E-state index is 12.0. The van der Waals surface area contributed by atoms with Crippen molar-refractivity contribution in [2.24, 2.45) is 0 Å². The Hall–Kier alpha value is -2.75. The van der Waals surface area contributed by atoms with E-state index in [9.17, 15) is 9.90 Å². The number of allylic oxidation sites excluding steroid dienone is 1. The molecule has 0 spiro atoms. The van der Waals surface area contributed by atoms with Crippen molar-refractivity contribution in [3.8, 4) is 11.5 Å². The summed E-state index contributed by atoms with van der Waals surface area (Å²) in [4.78, 5) is 12.0. The highest BCUT2D eigenvalue weighted by molar-refractivity contribution is 5.96. The highest BCUT2D eigenvalue weighted by Crippen LogP contribution is 2.19. The van der Waals surface area contributed by atoms with Crippen LogP contribution in [0.4, 0.5) is 0 Å². The molecule has 4 nitrogen and oxygen atoms in total. The normalized spacial score (nSPS) is 11.1. The smallest absolute Gasteiger partial charge is 0.163 e. The van der Waals surface area contributed by atoms with Crippen molar-refractivity contribution >= 4 is 11.5 Å². The average Bonchev–Trinajstić information content (AvgIpc) is 2.54. The molecular formula is C18H18O4. The monoisotopic (exact) mass is 298 g/mol. The summed E-state index contributed by atoms with van der Waals surface area (Å²) in [6.07, 6.45) is 1.43. The van der Waals surface area contributed by atoms with Crippen molar-refractivity contribution in [1.82, 2.24) is 0 Å². The molecular weight excluding hydrogens is 280 g/mol. The molecule has 0 heterocycles. The molecule has 2 aromatic carbocycles. The van der Waals surface area contributed by atoms with Crippen molar-refractivity contribution < 1.29 is 19.4 Å². The molecule has 0 aliphatic carbocycles. The molecule has 22 heavy (non-hydrogen) atoms. The fourth-order valence-corrected chi connectivity index (χ4v) is 2.05. The van der Waals surface area contributed by atoms with Gasteiger partial charge in [0, 0.05) is 18.1 Å². The Morgan fingerprint density at radius 1 is 1.05 bits per heavy atom. The number of carbonyl (C=O) groups excluding carboxylic acids is 1. The molecule has 0 radical (unpaired) electrons. The lowest BCUT2D eigenvalue weighted by molar-refractivity contribution is -0.114. The first kappa shape index (κ1) is 15.6. The number of hydrogen-bond donors (Lipinski definition) is 1. The maximum Gasteiger partial charge on any atom is 0.163 e. The number of aliphatic hydroxyl groups is 1. The van der Waals surface area contributed by atoms with Gasteiger partial charge in [-0.2, -0.15) is 0 Å². The predicted molar refractivity (Wildman–Crippen MR) is 85.3 cm³/mol. The number of aliphatic hydroxyl groups excluding tert-OH is 1. The summed E-state index contributed by atoms with van der Waals surface area (Å²) >= 11 is 0. The number of hydrogen-bond acceptors (Lipinski definition) is 4. The summed E-state index contributed by atoms with van der Waals surface area (Å²) in [7, 11) is 3.13. The first-order valence-electron chi connectivity index (χ1n) is 6.83. The van der Waals surface area contributed by atoms with Gasteiger partial charge in [-0.05, 0) is 29.8 Å². The van der Waals surface area contributed by atoms with Crippen LogP contribution >= 0.6 is 0 Å². The maximum atomic E-state index is 12.0. The molecule has 0 aliphatic heterocycles. The molecule has 1 N–H and O–H groups in total. The summed E-state index contributed by atoms with van der Waals surface area (Å²) in [5.74, 6) is 1.06. The van der Waals surface area contributed by atoms with Crippen molar-refractivity contribution in [3.63, 3.8) is 0 Å². The standard InChI is InChI=1S/C18H18O4/c1-21-16-7-3-5-13(10-16)9-15(19)12-18(20)14-6-4-8-17(11-14)22-2/h3-8,10-12,20H,9H2,1-2H3/b18-12+. The zero-order valence-electron chi connectivity index (χ0n) is 12.6. The Bertz CT molecular complexity index is 689. The quantitative estimate of drug-likeness (QED) is 0.656. The molecule has 0 saturated heterocycles. The topological polar surface area (TPSA) is 55.8 Å². The molecule has 2 rings (SSSR count). The van der Waals surface area contributed by atoms with Gasteiger partial charge in [0.2, 0.25) is 0 Å². The molecule has 0 atom stereocenters. The average molecular weight is 298 g/mol. The van der Waals surface area contributed by atoms with E-state index in [0.717, 1.165) is 5.56 Å². The van der Waals surface area contributed by atoms with Gasteiger partial charge in [0.05, 0.1) is 14.2 Å². The van der Waals surface area contributed by atoms with Crippen LogP contribution in [0.15, 0.2) is 54.6 Å². The van der Waals surface area contributed by atoms with E-state index in [-0.39, 0.29) is 18.0 Å². The van der Waals surface area contributed by atoms with Gasteiger partial charge in [-0.3, -0.25) is 4.79 Å². The Labute approximate surface area is 129 Å². The zero-order chi connectivity index (χ0) is 15.9. The molecule has 2 aromatic rings. The van der Waals surface area contributed by atoms with E-state index in [4.69, 9.17) is 9.47 Å². The van der Waals surface area contributed by atoms with Gasteiger partial charge >= 0.3 is 0 Å². The SMILES string of the molecule is COc1cccc(CC(=O)/C=C(/O)c2cccc(OC)c2)c1. The van der Waals surface area contributed by atoms with Crippen LogP contribution in [-0.4, -0.2) is 25.1 Å². The van der Waals surface area contributed by atoms with Crippen molar-refractivity contribution in [2.75, 3.05) is 14.2 Å². The Morgan fingerprint density at radius 3 is 2.36 bits per heavy atom. The van der Waals surface area contributed by atoms with Gasteiger partial charge in [0.1, 0.15) is 17.3 Å². The second-order valence-corrected chi connectivity index (χ2v) is 4.76. The minimum absolute atomic E-state index is 0.0770. The minimum Gasteiger partial charge on any atom is -0.507 e. The lowest BCUT2D eigenvalue weighted by atomic mass is 10.1. The van der Waals surface area contributed by atoms with E-state index in [1.807, 2.05) is 18.2 Å². The second kappa shape index (κ2) is 7.31. The first-order chi connectivity index (χ1) is 10.6. The Balaban J connectivity index is 2.11. The molecule has 114 valence electrons. The van der Waals surface area contributed by atoms with E-state index >= 15 is 0 Å². The molecule has 4 heteroatoms. The molecule has 0 fully saturated rings. The summed E-state index contributed by atoms with van der Waals surface area (Å²) < 4.78 is 10.2. The van der Waals surface area contributed by atoms with Crippen LogP contribution in [0.25, 0.3) is 5.76 Å². The van der Waals surface area contributed by atoms with Gasteiger partial charge in [-0.1, -0.05) is 24.3 Å². The van der Waals surface area contributed by atoms with Gasteiger partial charge in [-0.15, -0.1) is 0 Å². The van der Waals surface area contributed by atoms with Gasteiger partial charge in [-0.25, -0.2) is 0 Å². The molecule has 0 aliphatic rings. The zero-order valence-corrected chi connectivity index (χ0v) is 12.6. The lowest BCUT2D eigenvalue weighted by Crippen LogP contribution is -2.00. The third-order valence-electron chi connectivity index (χ3n) is 3.18.